The van der Waals surface area contributed by atoms with Crippen LogP contribution in [0.4, 0.5) is 0 Å². The summed E-state index contributed by atoms with van der Waals surface area (Å²) in [6.07, 6.45) is 2.40. The third-order valence-electron chi connectivity index (χ3n) is 4.39. The maximum absolute atomic E-state index is 12.9. The highest BCUT2D eigenvalue weighted by Crippen LogP contribution is 2.20. The second-order valence-electron chi connectivity index (χ2n) is 6.08. The van der Waals surface area contributed by atoms with Gasteiger partial charge in [-0.15, -0.1) is 0 Å². The number of aryl methyl sites for hydroxylation is 1. The molecule has 7 heteroatoms. The van der Waals surface area contributed by atoms with Gasteiger partial charge in [-0.2, -0.15) is 5.26 Å². The number of hydrogen-bond acceptors (Lipinski definition) is 4. The number of amides is 2. The average molecular weight is 330 g/mol. The molecular weight excluding hydrogens is 308 g/mol. The Labute approximate surface area is 140 Å². The van der Waals surface area contributed by atoms with Gasteiger partial charge in [0.2, 0.25) is 5.91 Å². The summed E-state index contributed by atoms with van der Waals surface area (Å²) in [5, 5.41) is 9.02. The molecule has 7 nitrogen and oxygen atoms in total. The predicted octanol–water partition coefficient (Wildman–Crippen LogP) is 1.03. The molecule has 1 N–H and O–H groups in total. The van der Waals surface area contributed by atoms with E-state index in [1.54, 1.807) is 29.8 Å². The lowest BCUT2D eigenvalue weighted by Crippen LogP contribution is -2.57. The molecule has 1 atom stereocenters. The highest BCUT2D eigenvalue weighted by Gasteiger charge is 2.36. The highest BCUT2D eigenvalue weighted by molar-refractivity contribution is 5.99. The molecule has 0 aromatic carbocycles. The molecule has 1 aromatic rings. The Morgan fingerprint density at radius 1 is 1.42 bits per heavy atom. The topological polar surface area (TPSA) is 97.3 Å². The number of unbranched alkanes of at least 4 members (excludes halogenated alkanes) is 1. The number of rotatable bonds is 4. The predicted molar refractivity (Wildman–Crippen MR) is 88.5 cm³/mol. The molecule has 2 amide bonds. The number of aromatic nitrogens is 1. The standard InChI is InChI=1S/C17H22N4O3/c1-4-5-6-14-17(24)20(3)7-8-21(14)16(23)13-9-12(10-18)15(22)19-11(13)2/h9,14H,4-8H2,1-3H3,(H,19,22). The van der Waals surface area contributed by atoms with Gasteiger partial charge in [-0.3, -0.25) is 14.4 Å². The smallest absolute Gasteiger partial charge is 0.266 e. The van der Waals surface area contributed by atoms with Crippen LogP contribution >= 0.6 is 0 Å². The van der Waals surface area contributed by atoms with E-state index in [1.165, 1.54) is 6.07 Å². The van der Waals surface area contributed by atoms with Crippen LogP contribution in [0.15, 0.2) is 10.9 Å². The van der Waals surface area contributed by atoms with Crippen molar-refractivity contribution in [2.75, 3.05) is 20.1 Å². The summed E-state index contributed by atoms with van der Waals surface area (Å²) in [6, 6.07) is 2.62. The van der Waals surface area contributed by atoms with Crippen LogP contribution in [0.2, 0.25) is 0 Å². The monoisotopic (exact) mass is 330 g/mol. The number of nitrogens with one attached hydrogen (secondary N) is 1. The summed E-state index contributed by atoms with van der Waals surface area (Å²) >= 11 is 0. The molecule has 0 bridgehead atoms. The van der Waals surface area contributed by atoms with Crippen LogP contribution in [-0.2, 0) is 4.79 Å². The molecule has 1 unspecified atom stereocenters. The van der Waals surface area contributed by atoms with Gasteiger partial charge in [0.25, 0.3) is 11.5 Å². The minimum absolute atomic E-state index is 0.0642. The number of hydrogen-bond donors (Lipinski definition) is 1. The molecule has 0 spiro atoms. The maximum atomic E-state index is 12.9. The number of pyridine rings is 1. The van der Waals surface area contributed by atoms with Crippen molar-refractivity contribution in [3.8, 4) is 6.07 Å². The Balaban J connectivity index is 2.38. The number of likely N-dealkylation sites (N-methyl/N-ethyl adjacent to an activating group) is 1. The second-order valence-corrected chi connectivity index (χ2v) is 6.08. The van der Waals surface area contributed by atoms with Gasteiger partial charge in [-0.1, -0.05) is 19.8 Å². The lowest BCUT2D eigenvalue weighted by molar-refractivity contribution is -0.138. The van der Waals surface area contributed by atoms with E-state index >= 15 is 0 Å². The van der Waals surface area contributed by atoms with Crippen LogP contribution in [0, 0.1) is 18.3 Å². The van der Waals surface area contributed by atoms with Gasteiger partial charge >= 0.3 is 0 Å². The van der Waals surface area contributed by atoms with Crippen LogP contribution in [0.1, 0.15) is 47.8 Å². The van der Waals surface area contributed by atoms with E-state index in [0.717, 1.165) is 12.8 Å². The first-order valence-corrected chi connectivity index (χ1v) is 8.10. The fourth-order valence-electron chi connectivity index (χ4n) is 2.91. The van der Waals surface area contributed by atoms with E-state index in [4.69, 9.17) is 5.26 Å². The second kappa shape index (κ2) is 7.30. The molecule has 1 aliphatic heterocycles. The largest absolute Gasteiger partial charge is 0.342 e. The molecule has 1 saturated heterocycles. The molecule has 2 rings (SSSR count). The number of carbonyl (C=O) groups excluding carboxylic acids is 2. The molecule has 0 saturated carbocycles. The lowest BCUT2D eigenvalue weighted by Gasteiger charge is -2.39. The van der Waals surface area contributed by atoms with E-state index in [0.29, 0.717) is 25.2 Å². The molecule has 128 valence electrons. The minimum atomic E-state index is -0.511. The Hall–Kier alpha value is -2.62. The number of aromatic amines is 1. The Morgan fingerprint density at radius 2 is 2.12 bits per heavy atom. The molecule has 1 aliphatic rings. The fraction of sp³-hybridized carbons (Fsp3) is 0.529. The van der Waals surface area contributed by atoms with Gasteiger partial charge in [-0.25, -0.2) is 0 Å². The van der Waals surface area contributed by atoms with Crippen molar-refractivity contribution >= 4 is 11.8 Å². The van der Waals surface area contributed by atoms with E-state index in [-0.39, 0.29) is 22.9 Å². The Kier molecular flexibility index (Phi) is 5.39. The maximum Gasteiger partial charge on any atom is 0.266 e. The summed E-state index contributed by atoms with van der Waals surface area (Å²) in [4.78, 5) is 42.8. The van der Waals surface area contributed by atoms with Crippen LogP contribution in [-0.4, -0.2) is 52.8 Å². The zero-order valence-corrected chi connectivity index (χ0v) is 14.3. The van der Waals surface area contributed by atoms with E-state index in [9.17, 15) is 14.4 Å². The highest BCUT2D eigenvalue weighted by atomic mass is 16.2. The van der Waals surface area contributed by atoms with Crippen LogP contribution < -0.4 is 5.56 Å². The Bertz CT molecular complexity index is 747. The van der Waals surface area contributed by atoms with Crippen LogP contribution in [0.5, 0.6) is 0 Å². The zero-order chi connectivity index (χ0) is 17.9. The molecule has 1 aromatic heterocycles. The summed E-state index contributed by atoms with van der Waals surface area (Å²) in [6.45, 7) is 4.57. The van der Waals surface area contributed by atoms with Crippen molar-refractivity contribution in [2.24, 2.45) is 0 Å². The lowest BCUT2D eigenvalue weighted by atomic mass is 10.0. The molecular formula is C17H22N4O3. The third kappa shape index (κ3) is 3.32. The quantitative estimate of drug-likeness (QED) is 0.891. The van der Waals surface area contributed by atoms with Gasteiger partial charge in [0.1, 0.15) is 17.7 Å². The Morgan fingerprint density at radius 3 is 2.75 bits per heavy atom. The summed E-state index contributed by atoms with van der Waals surface area (Å²) < 4.78 is 0. The van der Waals surface area contributed by atoms with Crippen molar-refractivity contribution in [1.82, 2.24) is 14.8 Å². The fourth-order valence-corrected chi connectivity index (χ4v) is 2.91. The molecule has 2 heterocycles. The normalized spacial score (nSPS) is 17.8. The van der Waals surface area contributed by atoms with Gasteiger partial charge < -0.3 is 14.8 Å². The van der Waals surface area contributed by atoms with Crippen molar-refractivity contribution in [3.05, 3.63) is 33.2 Å². The number of nitriles is 1. The van der Waals surface area contributed by atoms with Crippen molar-refractivity contribution in [1.29, 1.82) is 5.26 Å². The zero-order valence-electron chi connectivity index (χ0n) is 14.3. The number of H-pyrrole nitrogens is 1. The minimum Gasteiger partial charge on any atom is -0.342 e. The van der Waals surface area contributed by atoms with Gasteiger partial charge in [-0.05, 0) is 19.4 Å². The van der Waals surface area contributed by atoms with Crippen molar-refractivity contribution in [3.63, 3.8) is 0 Å². The molecule has 1 fully saturated rings. The first-order chi connectivity index (χ1) is 11.4. The molecule has 24 heavy (non-hydrogen) atoms. The van der Waals surface area contributed by atoms with E-state index in [2.05, 4.69) is 4.98 Å². The first-order valence-electron chi connectivity index (χ1n) is 8.10. The number of piperazine rings is 1. The first kappa shape index (κ1) is 17.7. The van der Waals surface area contributed by atoms with E-state index in [1.807, 2.05) is 6.92 Å². The average Bonchev–Trinajstić information content (AvgIpc) is 2.55. The molecule has 0 radical (unpaired) electrons. The van der Waals surface area contributed by atoms with Gasteiger partial charge in [0.05, 0.1) is 5.56 Å². The van der Waals surface area contributed by atoms with Crippen LogP contribution in [0.25, 0.3) is 0 Å². The summed E-state index contributed by atoms with van der Waals surface area (Å²) in [7, 11) is 1.74. The molecule has 0 aliphatic carbocycles. The van der Waals surface area contributed by atoms with Gasteiger partial charge in [0, 0.05) is 25.8 Å². The number of carbonyl (C=O) groups is 2. The van der Waals surface area contributed by atoms with Crippen molar-refractivity contribution in [2.45, 2.75) is 39.2 Å². The number of nitrogens with zero attached hydrogens (tertiary/aromatic N) is 3. The third-order valence-corrected chi connectivity index (χ3v) is 4.39. The summed E-state index contributed by atoms with van der Waals surface area (Å²) in [5.74, 6) is -0.381. The van der Waals surface area contributed by atoms with Crippen molar-refractivity contribution < 1.29 is 9.59 Å². The van der Waals surface area contributed by atoms with Crippen LogP contribution in [0.3, 0.4) is 0 Å². The SMILES string of the molecule is CCCCC1C(=O)N(C)CCN1C(=O)c1cc(C#N)c(=O)[nH]c1C. The van der Waals surface area contributed by atoms with E-state index < -0.39 is 11.6 Å². The van der Waals surface area contributed by atoms with Gasteiger partial charge in [0.15, 0.2) is 0 Å². The summed E-state index contributed by atoms with van der Waals surface area (Å²) in [5.41, 5.74) is 0.0627.